The molecule has 0 aliphatic rings. The van der Waals surface area contributed by atoms with Gasteiger partial charge in [0, 0.05) is 0 Å². The molecule has 0 spiro atoms. The van der Waals surface area contributed by atoms with Crippen molar-refractivity contribution in [1.82, 2.24) is 0 Å². The number of nitrogens with two attached hydrogens (primary N) is 1. The van der Waals surface area contributed by atoms with E-state index in [9.17, 15) is 22.8 Å². The van der Waals surface area contributed by atoms with Crippen LogP contribution >= 0.6 is 0 Å². The molecule has 0 heterocycles. The topological polar surface area (TPSA) is 69.4 Å². The van der Waals surface area contributed by atoms with Crippen LogP contribution in [0.5, 0.6) is 0 Å². The van der Waals surface area contributed by atoms with Crippen LogP contribution in [0.3, 0.4) is 0 Å². The minimum atomic E-state index is -4.46. The number of esters is 1. The summed E-state index contributed by atoms with van der Waals surface area (Å²) in [6, 6.07) is 3.43. The van der Waals surface area contributed by atoms with E-state index in [1.54, 1.807) is 0 Å². The fourth-order valence-electron chi connectivity index (χ4n) is 1.02. The smallest absolute Gasteiger partial charge is 0.416 e. The van der Waals surface area contributed by atoms with Crippen molar-refractivity contribution in [1.29, 1.82) is 0 Å². The molecular formula is C10H8F3NO3. The van der Waals surface area contributed by atoms with Crippen molar-refractivity contribution >= 4 is 11.9 Å². The maximum Gasteiger partial charge on any atom is 0.416 e. The largest absolute Gasteiger partial charge is 0.452 e. The first kappa shape index (κ1) is 13.0. The lowest BCUT2D eigenvalue weighted by Gasteiger charge is -2.07. The minimum absolute atomic E-state index is 0.0840. The van der Waals surface area contributed by atoms with Crippen molar-refractivity contribution in [2.45, 2.75) is 6.18 Å². The van der Waals surface area contributed by atoms with Gasteiger partial charge in [-0.3, -0.25) is 4.79 Å². The summed E-state index contributed by atoms with van der Waals surface area (Å²) in [7, 11) is 0. The molecule has 0 saturated heterocycles. The number of hydrogen-bond donors (Lipinski definition) is 1. The summed E-state index contributed by atoms with van der Waals surface area (Å²) in [6.07, 6.45) is -4.46. The number of benzene rings is 1. The van der Waals surface area contributed by atoms with E-state index in [0.29, 0.717) is 0 Å². The molecule has 0 atom stereocenters. The molecule has 0 unspecified atom stereocenters. The predicted octanol–water partition coefficient (Wildman–Crippen LogP) is 1.35. The molecule has 0 fully saturated rings. The van der Waals surface area contributed by atoms with Gasteiger partial charge in [0.2, 0.25) is 0 Å². The van der Waals surface area contributed by atoms with Gasteiger partial charge in [0.1, 0.15) is 0 Å². The molecule has 17 heavy (non-hydrogen) atoms. The highest BCUT2D eigenvalue weighted by Crippen LogP contribution is 2.29. The zero-order chi connectivity index (χ0) is 13.1. The molecule has 2 N–H and O–H groups in total. The van der Waals surface area contributed by atoms with Gasteiger partial charge in [-0.25, -0.2) is 4.79 Å². The van der Waals surface area contributed by atoms with E-state index in [-0.39, 0.29) is 5.56 Å². The Hall–Kier alpha value is -2.05. The molecule has 1 aromatic carbocycles. The molecule has 7 heteroatoms. The number of carbonyl (C=O) groups excluding carboxylic acids is 2. The summed E-state index contributed by atoms with van der Waals surface area (Å²) in [4.78, 5) is 21.5. The Labute approximate surface area is 94.2 Å². The molecule has 1 aromatic rings. The lowest BCUT2D eigenvalue weighted by Crippen LogP contribution is -2.21. The summed E-state index contributed by atoms with van der Waals surface area (Å²) in [5, 5.41) is 0. The number of halogens is 3. The molecule has 0 radical (unpaired) electrons. The first-order valence-corrected chi connectivity index (χ1v) is 4.43. The van der Waals surface area contributed by atoms with Crippen LogP contribution < -0.4 is 5.73 Å². The molecule has 0 aliphatic carbocycles. The van der Waals surface area contributed by atoms with Crippen LogP contribution in [-0.2, 0) is 15.7 Å². The highest BCUT2D eigenvalue weighted by molar-refractivity contribution is 5.91. The number of amides is 1. The second kappa shape index (κ2) is 4.86. The van der Waals surface area contributed by atoms with E-state index in [0.717, 1.165) is 24.3 Å². The third-order valence-electron chi connectivity index (χ3n) is 1.79. The van der Waals surface area contributed by atoms with Gasteiger partial charge in [-0.1, -0.05) is 0 Å². The quantitative estimate of drug-likeness (QED) is 0.819. The number of ether oxygens (including phenoxy) is 1. The first-order valence-electron chi connectivity index (χ1n) is 4.43. The maximum absolute atomic E-state index is 12.2. The van der Waals surface area contributed by atoms with Crippen molar-refractivity contribution in [3.8, 4) is 0 Å². The first-order chi connectivity index (χ1) is 7.80. The molecule has 1 rings (SSSR count). The van der Waals surface area contributed by atoms with Crippen molar-refractivity contribution in [3.05, 3.63) is 35.4 Å². The van der Waals surface area contributed by atoms with E-state index in [1.165, 1.54) is 0 Å². The highest BCUT2D eigenvalue weighted by Gasteiger charge is 2.30. The van der Waals surface area contributed by atoms with E-state index in [2.05, 4.69) is 4.74 Å². The number of hydrogen-bond acceptors (Lipinski definition) is 3. The summed E-state index contributed by atoms with van der Waals surface area (Å²) in [5.74, 6) is -1.75. The predicted molar refractivity (Wildman–Crippen MR) is 50.9 cm³/mol. The van der Waals surface area contributed by atoms with E-state index >= 15 is 0 Å². The average molecular weight is 247 g/mol. The van der Waals surface area contributed by atoms with E-state index < -0.39 is 30.2 Å². The third kappa shape index (κ3) is 3.78. The van der Waals surface area contributed by atoms with Crippen molar-refractivity contribution in [3.63, 3.8) is 0 Å². The van der Waals surface area contributed by atoms with Crippen LogP contribution in [0.4, 0.5) is 13.2 Å². The fourth-order valence-corrected chi connectivity index (χ4v) is 1.02. The minimum Gasteiger partial charge on any atom is -0.452 e. The van der Waals surface area contributed by atoms with E-state index in [1.807, 2.05) is 0 Å². The van der Waals surface area contributed by atoms with Crippen LogP contribution in [-0.4, -0.2) is 18.5 Å². The molecule has 0 saturated carbocycles. The normalized spacial score (nSPS) is 11.0. The Bertz CT molecular complexity index is 425. The van der Waals surface area contributed by atoms with Crippen LogP contribution in [0, 0.1) is 0 Å². The second-order valence-electron chi connectivity index (χ2n) is 3.12. The molecule has 0 aliphatic heterocycles. The van der Waals surface area contributed by atoms with Gasteiger partial charge in [0.25, 0.3) is 5.91 Å². The molecule has 1 amide bonds. The lowest BCUT2D eigenvalue weighted by molar-refractivity contribution is -0.137. The van der Waals surface area contributed by atoms with Gasteiger partial charge in [0.05, 0.1) is 11.1 Å². The summed E-state index contributed by atoms with van der Waals surface area (Å²) in [6.45, 7) is -0.611. The molecular weight excluding hydrogens is 239 g/mol. The standard InChI is InChI=1S/C10H8F3NO3/c11-10(12,13)7-3-1-6(2-4-7)9(16)17-5-8(14)15/h1-4H,5H2,(H2,14,15). The van der Waals surface area contributed by atoms with Crippen LogP contribution in [0.1, 0.15) is 15.9 Å². The molecule has 92 valence electrons. The zero-order valence-corrected chi connectivity index (χ0v) is 8.45. The molecule has 0 bridgehead atoms. The molecule has 4 nitrogen and oxygen atoms in total. The van der Waals surface area contributed by atoms with E-state index in [4.69, 9.17) is 5.73 Å². The van der Waals surface area contributed by atoms with Crippen molar-refractivity contribution in [2.75, 3.05) is 6.61 Å². The number of rotatable bonds is 3. The summed E-state index contributed by atoms with van der Waals surface area (Å²) < 4.78 is 41.0. The number of alkyl halides is 3. The van der Waals surface area contributed by atoms with Crippen LogP contribution in [0.25, 0.3) is 0 Å². The lowest BCUT2D eigenvalue weighted by atomic mass is 10.1. The summed E-state index contributed by atoms with van der Waals surface area (Å²) >= 11 is 0. The van der Waals surface area contributed by atoms with Crippen molar-refractivity contribution < 1.29 is 27.5 Å². The Balaban J connectivity index is 2.74. The van der Waals surface area contributed by atoms with Gasteiger partial charge in [-0.2, -0.15) is 13.2 Å². The number of carbonyl (C=O) groups is 2. The van der Waals surface area contributed by atoms with Crippen LogP contribution in [0.15, 0.2) is 24.3 Å². The second-order valence-corrected chi connectivity index (χ2v) is 3.12. The zero-order valence-electron chi connectivity index (χ0n) is 8.45. The van der Waals surface area contributed by atoms with Gasteiger partial charge < -0.3 is 10.5 Å². The molecule has 0 aromatic heterocycles. The SMILES string of the molecule is NC(=O)COC(=O)c1ccc(C(F)(F)F)cc1. The van der Waals surface area contributed by atoms with Crippen molar-refractivity contribution in [2.24, 2.45) is 5.73 Å². The Morgan fingerprint density at radius 3 is 2.12 bits per heavy atom. The average Bonchev–Trinajstić information content (AvgIpc) is 2.25. The Morgan fingerprint density at radius 1 is 1.18 bits per heavy atom. The van der Waals surface area contributed by atoms with Gasteiger partial charge >= 0.3 is 12.1 Å². The maximum atomic E-state index is 12.2. The summed E-state index contributed by atoms with van der Waals surface area (Å²) in [5.41, 5.74) is 3.78. The Morgan fingerprint density at radius 2 is 1.71 bits per heavy atom. The monoisotopic (exact) mass is 247 g/mol. The van der Waals surface area contributed by atoms with Gasteiger partial charge in [-0.15, -0.1) is 0 Å². The number of primary amides is 1. The third-order valence-corrected chi connectivity index (χ3v) is 1.79. The van der Waals surface area contributed by atoms with Gasteiger partial charge in [0.15, 0.2) is 6.61 Å². The highest BCUT2D eigenvalue weighted by atomic mass is 19.4. The van der Waals surface area contributed by atoms with Crippen LogP contribution in [0.2, 0.25) is 0 Å². The van der Waals surface area contributed by atoms with Gasteiger partial charge in [-0.05, 0) is 24.3 Å². The Kier molecular flexibility index (Phi) is 3.72. The fraction of sp³-hybridized carbons (Fsp3) is 0.200.